The van der Waals surface area contributed by atoms with Crippen molar-refractivity contribution in [2.24, 2.45) is 4.99 Å². The van der Waals surface area contributed by atoms with Crippen molar-refractivity contribution in [3.05, 3.63) is 21.9 Å². The highest BCUT2D eigenvalue weighted by Crippen LogP contribution is 2.23. The molecule has 0 spiro atoms. The molecule has 2 rings (SSSR count). The Morgan fingerprint density at radius 1 is 1.38 bits per heavy atom. The van der Waals surface area contributed by atoms with E-state index in [1.165, 1.54) is 31.4 Å². The third-order valence-electron chi connectivity index (χ3n) is 3.65. The van der Waals surface area contributed by atoms with Crippen molar-refractivity contribution in [2.45, 2.75) is 32.7 Å². The normalized spacial score (nSPS) is 15.2. The highest BCUT2D eigenvalue weighted by Gasteiger charge is 2.16. The topological polar surface area (TPSA) is 39.7 Å². The zero-order valence-corrected chi connectivity index (χ0v) is 16.2. The largest absolute Gasteiger partial charge is 0.356 e. The second-order valence-corrected chi connectivity index (χ2v) is 6.18. The molecule has 4 nitrogen and oxygen atoms in total. The van der Waals surface area contributed by atoms with E-state index in [4.69, 9.17) is 0 Å². The minimum atomic E-state index is 0. The highest BCUT2D eigenvalue weighted by molar-refractivity contribution is 14.0. The van der Waals surface area contributed by atoms with Crippen LogP contribution in [0.5, 0.6) is 0 Å². The molecule has 0 saturated heterocycles. The lowest BCUT2D eigenvalue weighted by molar-refractivity contribution is 0.260. The Kier molecular flexibility index (Phi) is 9.26. The standard InChI is InChI=1S/C15H26N4S.HI/c1-3-4-7-17-15(16-2)18-8-10-19-9-5-14-13(12-19)6-11-20-14;/h6,11H,3-5,7-10,12H2,1-2H3,(H2,16,17,18);1H. The third-order valence-corrected chi connectivity index (χ3v) is 4.68. The molecule has 0 atom stereocenters. The Morgan fingerprint density at radius 3 is 2.95 bits per heavy atom. The fourth-order valence-electron chi connectivity index (χ4n) is 2.43. The number of rotatable bonds is 6. The molecule has 1 aromatic heterocycles. The number of hydrogen-bond donors (Lipinski definition) is 2. The average Bonchev–Trinajstić information content (AvgIpc) is 2.93. The van der Waals surface area contributed by atoms with Crippen LogP contribution in [0.4, 0.5) is 0 Å². The SMILES string of the molecule is CCCCNC(=NC)NCCN1CCc2sccc2C1.I. The van der Waals surface area contributed by atoms with Crippen LogP contribution in [0.3, 0.4) is 0 Å². The van der Waals surface area contributed by atoms with Crippen LogP contribution in [-0.4, -0.2) is 44.1 Å². The van der Waals surface area contributed by atoms with Gasteiger partial charge in [0, 0.05) is 44.6 Å². The number of fused-ring (bicyclic) bond motifs is 1. The summed E-state index contributed by atoms with van der Waals surface area (Å²) in [6, 6.07) is 2.27. The van der Waals surface area contributed by atoms with Crippen LogP contribution < -0.4 is 10.6 Å². The molecule has 0 aliphatic carbocycles. The number of guanidine groups is 1. The maximum Gasteiger partial charge on any atom is 0.191 e. The van der Waals surface area contributed by atoms with E-state index in [1.54, 1.807) is 4.88 Å². The van der Waals surface area contributed by atoms with Gasteiger partial charge in [0.05, 0.1) is 0 Å². The van der Waals surface area contributed by atoms with E-state index < -0.39 is 0 Å². The molecule has 0 aromatic carbocycles. The van der Waals surface area contributed by atoms with Crippen molar-refractivity contribution >= 4 is 41.3 Å². The van der Waals surface area contributed by atoms with Gasteiger partial charge in [-0.05, 0) is 29.9 Å². The first-order chi connectivity index (χ1) is 9.83. The maximum absolute atomic E-state index is 4.25. The molecule has 1 aliphatic heterocycles. The summed E-state index contributed by atoms with van der Waals surface area (Å²) in [6.07, 6.45) is 3.60. The predicted octanol–water partition coefficient (Wildman–Crippen LogP) is 2.69. The molecule has 0 radical (unpaired) electrons. The average molecular weight is 422 g/mol. The number of halogens is 1. The molecule has 2 N–H and O–H groups in total. The van der Waals surface area contributed by atoms with E-state index in [2.05, 4.69) is 38.9 Å². The fraction of sp³-hybridized carbons (Fsp3) is 0.667. The highest BCUT2D eigenvalue weighted by atomic mass is 127. The van der Waals surface area contributed by atoms with E-state index >= 15 is 0 Å². The number of nitrogens with one attached hydrogen (secondary N) is 2. The molecule has 2 heterocycles. The van der Waals surface area contributed by atoms with Crippen LogP contribution in [0, 0.1) is 0 Å². The minimum Gasteiger partial charge on any atom is -0.356 e. The third kappa shape index (κ3) is 6.12. The molecular formula is C15H27IN4S. The van der Waals surface area contributed by atoms with Crippen LogP contribution in [0.25, 0.3) is 0 Å². The number of hydrogen-bond acceptors (Lipinski definition) is 3. The number of aliphatic imine (C=N–C) groups is 1. The second kappa shape index (κ2) is 10.4. The van der Waals surface area contributed by atoms with E-state index in [-0.39, 0.29) is 24.0 Å². The first-order valence-corrected chi connectivity index (χ1v) is 8.43. The van der Waals surface area contributed by atoms with E-state index in [0.717, 1.165) is 32.1 Å². The molecule has 0 bridgehead atoms. The van der Waals surface area contributed by atoms with Crippen LogP contribution in [0.15, 0.2) is 16.4 Å². The monoisotopic (exact) mass is 422 g/mol. The smallest absolute Gasteiger partial charge is 0.191 e. The van der Waals surface area contributed by atoms with Crippen molar-refractivity contribution < 1.29 is 0 Å². The number of thiophene rings is 1. The van der Waals surface area contributed by atoms with Crippen LogP contribution in [0.2, 0.25) is 0 Å². The molecule has 0 saturated carbocycles. The Balaban J connectivity index is 0.00000220. The van der Waals surface area contributed by atoms with E-state index in [1.807, 2.05) is 18.4 Å². The Hall–Kier alpha value is -0.340. The zero-order valence-electron chi connectivity index (χ0n) is 13.0. The quantitative estimate of drug-likeness (QED) is 0.321. The predicted molar refractivity (Wildman–Crippen MR) is 103 cm³/mol. The summed E-state index contributed by atoms with van der Waals surface area (Å²) >= 11 is 1.90. The van der Waals surface area contributed by atoms with Crippen LogP contribution in [0.1, 0.15) is 30.2 Å². The lowest BCUT2D eigenvalue weighted by Crippen LogP contribution is -2.42. The van der Waals surface area contributed by atoms with E-state index in [9.17, 15) is 0 Å². The lowest BCUT2D eigenvalue weighted by atomic mass is 10.1. The van der Waals surface area contributed by atoms with Gasteiger partial charge < -0.3 is 10.6 Å². The summed E-state index contributed by atoms with van der Waals surface area (Å²) in [7, 11) is 1.83. The molecular weight excluding hydrogens is 395 g/mol. The molecule has 21 heavy (non-hydrogen) atoms. The van der Waals surface area contributed by atoms with Gasteiger partial charge in [0.15, 0.2) is 5.96 Å². The van der Waals surface area contributed by atoms with Crippen LogP contribution >= 0.6 is 35.3 Å². The molecule has 0 amide bonds. The van der Waals surface area contributed by atoms with Gasteiger partial charge in [-0.1, -0.05) is 13.3 Å². The molecule has 0 unspecified atom stereocenters. The van der Waals surface area contributed by atoms with Gasteiger partial charge in [-0.25, -0.2) is 0 Å². The Morgan fingerprint density at radius 2 is 2.19 bits per heavy atom. The van der Waals surface area contributed by atoms with Crippen molar-refractivity contribution in [1.29, 1.82) is 0 Å². The fourth-order valence-corrected chi connectivity index (χ4v) is 3.32. The molecule has 1 aromatic rings. The van der Waals surface area contributed by atoms with Crippen molar-refractivity contribution in [2.75, 3.05) is 33.2 Å². The second-order valence-electron chi connectivity index (χ2n) is 5.17. The summed E-state index contributed by atoms with van der Waals surface area (Å²) in [6.45, 7) is 7.50. The Labute approximate surface area is 149 Å². The molecule has 120 valence electrons. The number of nitrogens with zero attached hydrogens (tertiary/aromatic N) is 2. The molecule has 0 fully saturated rings. The maximum atomic E-state index is 4.25. The van der Waals surface area contributed by atoms with Crippen molar-refractivity contribution in [3.63, 3.8) is 0 Å². The number of unbranched alkanes of at least 4 members (excludes halogenated alkanes) is 1. The first kappa shape index (κ1) is 18.7. The van der Waals surface area contributed by atoms with Gasteiger partial charge in [0.2, 0.25) is 0 Å². The lowest BCUT2D eigenvalue weighted by Gasteiger charge is -2.27. The Bertz CT molecular complexity index is 433. The van der Waals surface area contributed by atoms with Gasteiger partial charge in [0.25, 0.3) is 0 Å². The summed E-state index contributed by atoms with van der Waals surface area (Å²) in [5, 5.41) is 8.95. The minimum absolute atomic E-state index is 0. The summed E-state index contributed by atoms with van der Waals surface area (Å²) in [4.78, 5) is 8.34. The first-order valence-electron chi connectivity index (χ1n) is 7.55. The van der Waals surface area contributed by atoms with Gasteiger partial charge in [-0.3, -0.25) is 9.89 Å². The zero-order chi connectivity index (χ0) is 14.2. The summed E-state index contributed by atoms with van der Waals surface area (Å²) in [5.41, 5.74) is 1.52. The van der Waals surface area contributed by atoms with Gasteiger partial charge in [0.1, 0.15) is 0 Å². The van der Waals surface area contributed by atoms with Crippen molar-refractivity contribution in [1.82, 2.24) is 15.5 Å². The van der Waals surface area contributed by atoms with Crippen molar-refractivity contribution in [3.8, 4) is 0 Å². The van der Waals surface area contributed by atoms with Gasteiger partial charge in [-0.2, -0.15) is 0 Å². The molecule has 1 aliphatic rings. The molecule has 6 heteroatoms. The summed E-state index contributed by atoms with van der Waals surface area (Å²) < 4.78 is 0. The van der Waals surface area contributed by atoms with Crippen LogP contribution in [-0.2, 0) is 13.0 Å². The van der Waals surface area contributed by atoms with Gasteiger partial charge >= 0.3 is 0 Å². The summed E-state index contributed by atoms with van der Waals surface area (Å²) in [5.74, 6) is 0.923. The van der Waals surface area contributed by atoms with E-state index in [0.29, 0.717) is 0 Å². The van der Waals surface area contributed by atoms with Gasteiger partial charge in [-0.15, -0.1) is 35.3 Å².